The van der Waals surface area contributed by atoms with Gasteiger partial charge in [-0.1, -0.05) is 23.7 Å². The first kappa shape index (κ1) is 17.3. The summed E-state index contributed by atoms with van der Waals surface area (Å²) < 4.78 is 5.71. The Morgan fingerprint density at radius 2 is 2.09 bits per heavy atom. The van der Waals surface area contributed by atoms with Gasteiger partial charge in [-0.2, -0.15) is 0 Å². The minimum atomic E-state index is 0.227. The molecule has 1 aliphatic heterocycles. The summed E-state index contributed by atoms with van der Waals surface area (Å²) in [5, 5.41) is 0.754. The van der Waals surface area contributed by atoms with Crippen LogP contribution in [0.5, 0.6) is 0 Å². The standard InChI is InChI=1S/C18H26ClNO2/c1-20(13-12-17-6-2-3-14-22-17)18(21)7-4-5-15-8-10-16(19)11-9-15/h8-11,17H,2-7,12-14H2,1H3. The van der Waals surface area contributed by atoms with Gasteiger partial charge < -0.3 is 9.64 Å². The second kappa shape index (κ2) is 9.16. The molecule has 1 aromatic rings. The number of carbonyl (C=O) groups excluding carboxylic acids is 1. The monoisotopic (exact) mass is 323 g/mol. The fraction of sp³-hybridized carbons (Fsp3) is 0.611. The van der Waals surface area contributed by atoms with Gasteiger partial charge in [0.1, 0.15) is 0 Å². The minimum Gasteiger partial charge on any atom is -0.378 e. The van der Waals surface area contributed by atoms with Crippen molar-refractivity contribution < 1.29 is 9.53 Å². The third-order valence-electron chi connectivity index (χ3n) is 4.26. The summed E-state index contributed by atoms with van der Waals surface area (Å²) in [6, 6.07) is 7.85. The molecule has 1 aromatic carbocycles. The van der Waals surface area contributed by atoms with E-state index >= 15 is 0 Å². The summed E-state index contributed by atoms with van der Waals surface area (Å²) in [5.41, 5.74) is 1.23. The van der Waals surface area contributed by atoms with E-state index in [0.717, 1.165) is 43.9 Å². The largest absolute Gasteiger partial charge is 0.378 e. The molecule has 1 atom stereocenters. The minimum absolute atomic E-state index is 0.227. The zero-order chi connectivity index (χ0) is 15.8. The van der Waals surface area contributed by atoms with E-state index in [1.165, 1.54) is 18.4 Å². The molecule has 0 N–H and O–H groups in total. The molecule has 4 heteroatoms. The van der Waals surface area contributed by atoms with E-state index < -0.39 is 0 Å². The maximum Gasteiger partial charge on any atom is 0.222 e. The first-order valence-electron chi connectivity index (χ1n) is 8.25. The van der Waals surface area contributed by atoms with Crippen molar-refractivity contribution in [2.45, 2.75) is 51.0 Å². The molecule has 0 aromatic heterocycles. The van der Waals surface area contributed by atoms with Crippen molar-refractivity contribution in [3.05, 3.63) is 34.9 Å². The molecule has 1 saturated heterocycles. The van der Waals surface area contributed by atoms with Crippen molar-refractivity contribution in [3.63, 3.8) is 0 Å². The number of halogens is 1. The van der Waals surface area contributed by atoms with Crippen LogP contribution in [-0.2, 0) is 16.0 Å². The third kappa shape index (κ3) is 5.98. The average molecular weight is 324 g/mol. The number of aryl methyl sites for hydroxylation is 1. The number of hydrogen-bond acceptors (Lipinski definition) is 2. The molecule has 1 aliphatic rings. The molecule has 1 fully saturated rings. The molecule has 0 bridgehead atoms. The highest BCUT2D eigenvalue weighted by molar-refractivity contribution is 6.30. The molecule has 1 amide bonds. The van der Waals surface area contributed by atoms with Gasteiger partial charge in [0.2, 0.25) is 5.91 Å². The first-order chi connectivity index (χ1) is 10.6. The number of ether oxygens (including phenoxy) is 1. The Hall–Kier alpha value is -1.06. The lowest BCUT2D eigenvalue weighted by Crippen LogP contribution is -2.31. The van der Waals surface area contributed by atoms with Crippen LogP contribution in [0.2, 0.25) is 5.02 Å². The van der Waals surface area contributed by atoms with Gasteiger partial charge in [0.05, 0.1) is 6.10 Å². The number of benzene rings is 1. The van der Waals surface area contributed by atoms with Crippen LogP contribution in [0.15, 0.2) is 24.3 Å². The second-order valence-electron chi connectivity index (χ2n) is 6.07. The number of amides is 1. The van der Waals surface area contributed by atoms with E-state index in [2.05, 4.69) is 0 Å². The number of hydrogen-bond donors (Lipinski definition) is 0. The van der Waals surface area contributed by atoms with Crippen molar-refractivity contribution in [2.24, 2.45) is 0 Å². The van der Waals surface area contributed by atoms with E-state index in [1.807, 2.05) is 36.2 Å². The first-order valence-corrected chi connectivity index (χ1v) is 8.63. The number of carbonyl (C=O) groups is 1. The lowest BCUT2D eigenvalue weighted by molar-refractivity contribution is -0.130. The smallest absolute Gasteiger partial charge is 0.222 e. The molecule has 1 unspecified atom stereocenters. The molecule has 0 spiro atoms. The molecule has 0 radical (unpaired) electrons. The molecule has 122 valence electrons. The predicted octanol–water partition coefficient (Wildman–Crippen LogP) is 4.08. The maximum absolute atomic E-state index is 12.1. The Morgan fingerprint density at radius 3 is 2.77 bits per heavy atom. The molecule has 22 heavy (non-hydrogen) atoms. The van der Waals surface area contributed by atoms with Crippen molar-refractivity contribution >= 4 is 17.5 Å². The molecule has 0 aliphatic carbocycles. The van der Waals surface area contributed by atoms with Gasteiger partial charge in [0.25, 0.3) is 0 Å². The van der Waals surface area contributed by atoms with Crippen molar-refractivity contribution in [3.8, 4) is 0 Å². The van der Waals surface area contributed by atoms with Gasteiger partial charge in [-0.05, 0) is 56.2 Å². The Kier molecular flexibility index (Phi) is 7.20. The van der Waals surface area contributed by atoms with Crippen LogP contribution in [0, 0.1) is 0 Å². The normalized spacial score (nSPS) is 18.2. The Labute approximate surface area is 138 Å². The second-order valence-corrected chi connectivity index (χ2v) is 6.51. The van der Waals surface area contributed by atoms with E-state index in [4.69, 9.17) is 16.3 Å². The van der Waals surface area contributed by atoms with Crippen LogP contribution in [0.4, 0.5) is 0 Å². The zero-order valence-corrected chi connectivity index (χ0v) is 14.1. The maximum atomic E-state index is 12.1. The molecular weight excluding hydrogens is 298 g/mol. The SMILES string of the molecule is CN(CCC1CCCCO1)C(=O)CCCc1ccc(Cl)cc1. The van der Waals surface area contributed by atoms with Gasteiger partial charge >= 0.3 is 0 Å². The van der Waals surface area contributed by atoms with Crippen molar-refractivity contribution in [1.82, 2.24) is 4.90 Å². The van der Waals surface area contributed by atoms with Crippen LogP contribution in [0.1, 0.15) is 44.1 Å². The van der Waals surface area contributed by atoms with Gasteiger partial charge in [0.15, 0.2) is 0 Å². The van der Waals surface area contributed by atoms with Gasteiger partial charge in [-0.3, -0.25) is 4.79 Å². The molecule has 3 nitrogen and oxygen atoms in total. The summed E-state index contributed by atoms with van der Waals surface area (Å²) in [5.74, 6) is 0.227. The topological polar surface area (TPSA) is 29.5 Å². The predicted molar refractivity (Wildman–Crippen MR) is 90.2 cm³/mol. The summed E-state index contributed by atoms with van der Waals surface area (Å²) in [6.07, 6.45) is 7.27. The Balaban J connectivity index is 1.62. The van der Waals surface area contributed by atoms with Crippen LogP contribution in [-0.4, -0.2) is 37.1 Å². The molecule has 1 heterocycles. The lowest BCUT2D eigenvalue weighted by Gasteiger charge is -2.25. The van der Waals surface area contributed by atoms with Gasteiger partial charge in [-0.25, -0.2) is 0 Å². The molecule has 2 rings (SSSR count). The van der Waals surface area contributed by atoms with Crippen LogP contribution >= 0.6 is 11.6 Å². The van der Waals surface area contributed by atoms with Gasteiger partial charge in [-0.15, -0.1) is 0 Å². The summed E-state index contributed by atoms with van der Waals surface area (Å²) >= 11 is 5.87. The van der Waals surface area contributed by atoms with Crippen molar-refractivity contribution in [1.29, 1.82) is 0 Å². The Bertz CT molecular complexity index is 455. The van der Waals surface area contributed by atoms with Gasteiger partial charge in [0, 0.05) is 31.6 Å². The highest BCUT2D eigenvalue weighted by Crippen LogP contribution is 2.16. The fourth-order valence-electron chi connectivity index (χ4n) is 2.78. The van der Waals surface area contributed by atoms with E-state index in [-0.39, 0.29) is 5.91 Å². The van der Waals surface area contributed by atoms with E-state index in [0.29, 0.717) is 12.5 Å². The highest BCUT2D eigenvalue weighted by Gasteiger charge is 2.16. The van der Waals surface area contributed by atoms with Crippen LogP contribution in [0.3, 0.4) is 0 Å². The quantitative estimate of drug-likeness (QED) is 0.756. The summed E-state index contributed by atoms with van der Waals surface area (Å²) in [7, 11) is 1.90. The lowest BCUT2D eigenvalue weighted by atomic mass is 10.1. The summed E-state index contributed by atoms with van der Waals surface area (Å²) in [4.78, 5) is 14.0. The highest BCUT2D eigenvalue weighted by atomic mass is 35.5. The number of nitrogens with zero attached hydrogens (tertiary/aromatic N) is 1. The van der Waals surface area contributed by atoms with Crippen molar-refractivity contribution in [2.75, 3.05) is 20.2 Å². The summed E-state index contributed by atoms with van der Waals surface area (Å²) in [6.45, 7) is 1.67. The Morgan fingerprint density at radius 1 is 1.32 bits per heavy atom. The van der Waals surface area contributed by atoms with E-state index in [1.54, 1.807) is 0 Å². The fourth-order valence-corrected chi connectivity index (χ4v) is 2.91. The number of rotatable bonds is 7. The molecular formula is C18H26ClNO2. The van der Waals surface area contributed by atoms with Crippen LogP contribution in [0.25, 0.3) is 0 Å². The zero-order valence-electron chi connectivity index (χ0n) is 13.4. The average Bonchev–Trinajstić information content (AvgIpc) is 2.55. The third-order valence-corrected chi connectivity index (χ3v) is 4.51. The van der Waals surface area contributed by atoms with E-state index in [9.17, 15) is 4.79 Å². The van der Waals surface area contributed by atoms with Crippen LogP contribution < -0.4 is 0 Å². The molecule has 0 saturated carbocycles.